The summed E-state index contributed by atoms with van der Waals surface area (Å²) in [6.45, 7) is 0. The SMILES string of the molecule is O=C(c1ccc(C2CCCC2)cc1)C1CC1. The van der Waals surface area contributed by atoms with Crippen molar-refractivity contribution in [1.29, 1.82) is 0 Å². The highest BCUT2D eigenvalue weighted by Gasteiger charge is 2.30. The van der Waals surface area contributed by atoms with E-state index in [1.165, 1.54) is 31.2 Å². The largest absolute Gasteiger partial charge is 0.294 e. The van der Waals surface area contributed by atoms with Gasteiger partial charge in [0.05, 0.1) is 0 Å². The van der Waals surface area contributed by atoms with E-state index in [-0.39, 0.29) is 0 Å². The summed E-state index contributed by atoms with van der Waals surface area (Å²) in [6.07, 6.45) is 7.60. The van der Waals surface area contributed by atoms with Crippen molar-refractivity contribution in [2.45, 2.75) is 44.4 Å². The first-order valence-electron chi connectivity index (χ1n) is 6.49. The van der Waals surface area contributed by atoms with Gasteiger partial charge in [0.1, 0.15) is 0 Å². The lowest BCUT2D eigenvalue weighted by molar-refractivity contribution is 0.0967. The van der Waals surface area contributed by atoms with Gasteiger partial charge in [-0.25, -0.2) is 0 Å². The number of rotatable bonds is 3. The number of hydrogen-bond donors (Lipinski definition) is 0. The van der Waals surface area contributed by atoms with Gasteiger partial charge >= 0.3 is 0 Å². The Hall–Kier alpha value is -1.11. The molecule has 1 nitrogen and oxygen atoms in total. The van der Waals surface area contributed by atoms with Gasteiger partial charge in [-0.3, -0.25) is 4.79 Å². The lowest BCUT2D eigenvalue weighted by atomic mass is 9.95. The van der Waals surface area contributed by atoms with E-state index in [0.29, 0.717) is 11.7 Å². The standard InChI is InChI=1S/C15H18O/c16-15(14-9-10-14)13-7-5-12(6-8-13)11-3-1-2-4-11/h5-8,11,14H,1-4,9-10H2. The van der Waals surface area contributed by atoms with Crippen LogP contribution < -0.4 is 0 Å². The first-order chi connectivity index (χ1) is 7.84. The van der Waals surface area contributed by atoms with Crippen LogP contribution in [0.2, 0.25) is 0 Å². The molecule has 0 heterocycles. The topological polar surface area (TPSA) is 17.1 Å². The molecule has 0 aromatic heterocycles. The number of hydrogen-bond acceptors (Lipinski definition) is 1. The van der Waals surface area contributed by atoms with Crippen molar-refractivity contribution in [3.8, 4) is 0 Å². The zero-order valence-electron chi connectivity index (χ0n) is 9.61. The predicted molar refractivity (Wildman–Crippen MR) is 64.7 cm³/mol. The van der Waals surface area contributed by atoms with Gasteiger partial charge in [0.2, 0.25) is 0 Å². The molecule has 2 fully saturated rings. The van der Waals surface area contributed by atoms with Crippen LogP contribution in [0.3, 0.4) is 0 Å². The van der Waals surface area contributed by atoms with E-state index in [1.54, 1.807) is 0 Å². The first kappa shape index (κ1) is 10.1. The summed E-state index contributed by atoms with van der Waals surface area (Å²) in [5, 5.41) is 0. The van der Waals surface area contributed by atoms with E-state index in [2.05, 4.69) is 12.1 Å². The lowest BCUT2D eigenvalue weighted by Gasteiger charge is -2.09. The van der Waals surface area contributed by atoms with E-state index >= 15 is 0 Å². The van der Waals surface area contributed by atoms with Crippen molar-refractivity contribution in [1.82, 2.24) is 0 Å². The van der Waals surface area contributed by atoms with Crippen LogP contribution in [0.1, 0.15) is 60.4 Å². The van der Waals surface area contributed by atoms with Gasteiger partial charge in [-0.2, -0.15) is 0 Å². The van der Waals surface area contributed by atoms with Crippen LogP contribution >= 0.6 is 0 Å². The zero-order valence-corrected chi connectivity index (χ0v) is 9.61. The first-order valence-corrected chi connectivity index (χ1v) is 6.49. The highest BCUT2D eigenvalue weighted by atomic mass is 16.1. The number of ketones is 1. The Morgan fingerprint density at radius 1 is 0.938 bits per heavy atom. The van der Waals surface area contributed by atoms with Crippen molar-refractivity contribution >= 4 is 5.78 Å². The van der Waals surface area contributed by atoms with Gasteiger partial charge in [-0.1, -0.05) is 37.1 Å². The quantitative estimate of drug-likeness (QED) is 0.696. The van der Waals surface area contributed by atoms with Crippen LogP contribution in [0.25, 0.3) is 0 Å². The number of carbonyl (C=O) groups excluding carboxylic acids is 1. The maximum Gasteiger partial charge on any atom is 0.165 e. The average molecular weight is 214 g/mol. The highest BCUT2D eigenvalue weighted by molar-refractivity contribution is 5.99. The predicted octanol–water partition coefficient (Wildman–Crippen LogP) is 3.94. The maximum atomic E-state index is 11.8. The van der Waals surface area contributed by atoms with Crippen molar-refractivity contribution in [3.63, 3.8) is 0 Å². The van der Waals surface area contributed by atoms with Gasteiger partial charge in [0.15, 0.2) is 5.78 Å². The minimum absolute atomic E-state index is 0.345. The molecule has 0 bridgehead atoms. The van der Waals surface area contributed by atoms with E-state index in [4.69, 9.17) is 0 Å². The van der Waals surface area contributed by atoms with E-state index < -0.39 is 0 Å². The maximum absolute atomic E-state index is 11.8. The Bertz CT molecular complexity index is 380. The summed E-state index contributed by atoms with van der Waals surface area (Å²) in [6, 6.07) is 8.42. The minimum Gasteiger partial charge on any atom is -0.294 e. The van der Waals surface area contributed by atoms with Crippen LogP contribution in [0.5, 0.6) is 0 Å². The molecule has 0 radical (unpaired) electrons. The molecule has 1 heteroatoms. The Morgan fingerprint density at radius 2 is 1.56 bits per heavy atom. The summed E-state index contributed by atoms with van der Waals surface area (Å²) in [5.74, 6) is 1.46. The fourth-order valence-electron chi connectivity index (χ4n) is 2.76. The fraction of sp³-hybridized carbons (Fsp3) is 0.533. The fourth-order valence-corrected chi connectivity index (χ4v) is 2.76. The van der Waals surface area contributed by atoms with Crippen LogP contribution in [-0.4, -0.2) is 5.78 Å². The minimum atomic E-state index is 0.345. The molecule has 0 saturated heterocycles. The molecule has 1 aromatic rings. The summed E-state index contributed by atoms with van der Waals surface area (Å²) in [4.78, 5) is 11.8. The Labute approximate surface area is 96.9 Å². The summed E-state index contributed by atoms with van der Waals surface area (Å²) >= 11 is 0. The van der Waals surface area contributed by atoms with Gasteiger partial charge in [-0.05, 0) is 37.2 Å². The van der Waals surface area contributed by atoms with Crippen molar-refractivity contribution in [3.05, 3.63) is 35.4 Å². The van der Waals surface area contributed by atoms with Crippen LogP contribution in [0.15, 0.2) is 24.3 Å². The summed E-state index contributed by atoms with van der Waals surface area (Å²) in [7, 11) is 0. The van der Waals surface area contributed by atoms with E-state index in [1.807, 2.05) is 12.1 Å². The molecule has 0 aliphatic heterocycles. The van der Waals surface area contributed by atoms with E-state index in [9.17, 15) is 4.79 Å². The molecule has 84 valence electrons. The summed E-state index contributed by atoms with van der Waals surface area (Å²) in [5.41, 5.74) is 2.36. The molecule has 0 N–H and O–H groups in total. The molecule has 2 aliphatic carbocycles. The van der Waals surface area contributed by atoms with Crippen LogP contribution in [-0.2, 0) is 0 Å². The molecular weight excluding hydrogens is 196 g/mol. The van der Waals surface area contributed by atoms with Gasteiger partial charge in [0, 0.05) is 11.5 Å². The molecule has 0 unspecified atom stereocenters. The molecule has 2 saturated carbocycles. The normalized spacial score (nSPS) is 21.2. The lowest BCUT2D eigenvalue weighted by Crippen LogP contribution is -2.01. The van der Waals surface area contributed by atoms with Crippen LogP contribution in [0.4, 0.5) is 0 Å². The Balaban J connectivity index is 1.75. The van der Waals surface area contributed by atoms with Crippen molar-refractivity contribution in [2.24, 2.45) is 5.92 Å². The Kier molecular flexibility index (Phi) is 2.55. The second kappa shape index (κ2) is 4.04. The Morgan fingerprint density at radius 3 is 2.12 bits per heavy atom. The molecular formula is C15H18O. The molecule has 16 heavy (non-hydrogen) atoms. The number of carbonyl (C=O) groups is 1. The van der Waals surface area contributed by atoms with Gasteiger partial charge < -0.3 is 0 Å². The van der Waals surface area contributed by atoms with Crippen molar-refractivity contribution < 1.29 is 4.79 Å². The van der Waals surface area contributed by atoms with Crippen molar-refractivity contribution in [2.75, 3.05) is 0 Å². The monoisotopic (exact) mass is 214 g/mol. The van der Waals surface area contributed by atoms with Gasteiger partial charge in [-0.15, -0.1) is 0 Å². The zero-order chi connectivity index (χ0) is 11.0. The third-order valence-electron chi connectivity index (χ3n) is 3.97. The third kappa shape index (κ3) is 1.91. The molecule has 0 amide bonds. The smallest absolute Gasteiger partial charge is 0.165 e. The molecule has 0 spiro atoms. The van der Waals surface area contributed by atoms with Gasteiger partial charge in [0.25, 0.3) is 0 Å². The second-order valence-electron chi connectivity index (χ2n) is 5.24. The average Bonchev–Trinajstić information content (AvgIpc) is 3.04. The second-order valence-corrected chi connectivity index (χ2v) is 5.24. The third-order valence-corrected chi connectivity index (χ3v) is 3.97. The number of Topliss-reactive ketones (excluding diaryl/α,β-unsaturated/α-hetero) is 1. The molecule has 3 rings (SSSR count). The van der Waals surface area contributed by atoms with Crippen LogP contribution in [0, 0.1) is 5.92 Å². The summed E-state index contributed by atoms with van der Waals surface area (Å²) < 4.78 is 0. The molecule has 0 atom stereocenters. The highest BCUT2D eigenvalue weighted by Crippen LogP contribution is 2.35. The molecule has 1 aromatic carbocycles. The number of benzene rings is 1. The van der Waals surface area contributed by atoms with E-state index in [0.717, 1.165) is 24.3 Å². The molecule has 2 aliphatic rings.